The van der Waals surface area contributed by atoms with E-state index in [1.165, 1.54) is 10.9 Å². The van der Waals surface area contributed by atoms with E-state index in [9.17, 15) is 9.90 Å². The summed E-state index contributed by atoms with van der Waals surface area (Å²) < 4.78 is 12.3. The number of ether oxygens (including phenoxy) is 2. The van der Waals surface area contributed by atoms with Crippen molar-refractivity contribution in [3.63, 3.8) is 0 Å². The summed E-state index contributed by atoms with van der Waals surface area (Å²) in [7, 11) is 1.57. The molecule has 2 atom stereocenters. The number of nitrogens with zero attached hydrogens (tertiary/aromatic N) is 3. The van der Waals surface area contributed by atoms with E-state index in [0.717, 1.165) is 16.8 Å². The number of aromatic nitrogens is 3. The third kappa shape index (κ3) is 3.50. The van der Waals surface area contributed by atoms with Crippen molar-refractivity contribution in [3.05, 3.63) is 64.0 Å². The molecule has 4 rings (SSSR count). The zero-order valence-corrected chi connectivity index (χ0v) is 16.0. The summed E-state index contributed by atoms with van der Waals surface area (Å²) >= 11 is 0. The van der Waals surface area contributed by atoms with Crippen molar-refractivity contribution in [2.45, 2.75) is 31.9 Å². The minimum absolute atomic E-state index is 0.182. The summed E-state index contributed by atoms with van der Waals surface area (Å²) in [5.41, 5.74) is 3.30. The van der Waals surface area contributed by atoms with Crippen molar-refractivity contribution in [2.75, 3.05) is 20.3 Å². The second-order valence-electron chi connectivity index (χ2n) is 7.13. The number of aryl methyl sites for hydroxylation is 1. The zero-order chi connectivity index (χ0) is 19.7. The lowest BCUT2D eigenvalue weighted by molar-refractivity contribution is -0.0395. The van der Waals surface area contributed by atoms with Gasteiger partial charge in [-0.3, -0.25) is 14.3 Å². The van der Waals surface area contributed by atoms with E-state index in [1.54, 1.807) is 7.11 Å². The Morgan fingerprint density at radius 1 is 1.29 bits per heavy atom. The zero-order valence-electron chi connectivity index (χ0n) is 16.0. The average molecular weight is 381 g/mol. The standard InChI is InChI=1S/C21H23N3O4/c1-13-3-4-14(10-22-13)7-15-8-16-20(19(9-15)27-2)23-12-24(21(16)26)17-5-6-28-11-18(17)25/h3-4,8-10,12,17-18,25H,5-7,11H2,1-2H3. The van der Waals surface area contributed by atoms with Crippen LogP contribution in [0.2, 0.25) is 0 Å². The number of rotatable bonds is 4. The van der Waals surface area contributed by atoms with Crippen LogP contribution in [0.5, 0.6) is 5.75 Å². The molecular formula is C21H23N3O4. The highest BCUT2D eigenvalue weighted by molar-refractivity contribution is 5.84. The van der Waals surface area contributed by atoms with Gasteiger partial charge in [0.1, 0.15) is 11.3 Å². The minimum Gasteiger partial charge on any atom is -0.494 e. The van der Waals surface area contributed by atoms with Gasteiger partial charge in [-0.15, -0.1) is 0 Å². The predicted molar refractivity (Wildman–Crippen MR) is 105 cm³/mol. The molecule has 3 heterocycles. The number of aliphatic hydroxyl groups is 1. The van der Waals surface area contributed by atoms with Crippen LogP contribution in [0.15, 0.2) is 41.6 Å². The molecule has 1 saturated heterocycles. The van der Waals surface area contributed by atoms with E-state index >= 15 is 0 Å². The first-order chi connectivity index (χ1) is 13.6. The fourth-order valence-electron chi connectivity index (χ4n) is 3.64. The molecule has 2 aromatic heterocycles. The molecule has 0 radical (unpaired) electrons. The van der Waals surface area contributed by atoms with E-state index in [4.69, 9.17) is 9.47 Å². The Kier molecular flexibility index (Phi) is 5.11. The Bertz CT molecular complexity index is 1050. The van der Waals surface area contributed by atoms with Gasteiger partial charge < -0.3 is 14.6 Å². The predicted octanol–water partition coefficient (Wildman–Crippen LogP) is 2.02. The first-order valence-corrected chi connectivity index (χ1v) is 9.32. The molecule has 0 aliphatic carbocycles. The Hall–Kier alpha value is -2.77. The van der Waals surface area contributed by atoms with Gasteiger partial charge in [0.2, 0.25) is 0 Å². The van der Waals surface area contributed by atoms with E-state index < -0.39 is 6.10 Å². The van der Waals surface area contributed by atoms with E-state index in [1.807, 2.05) is 37.4 Å². The molecule has 0 spiro atoms. The van der Waals surface area contributed by atoms with Gasteiger partial charge in [-0.2, -0.15) is 0 Å². The van der Waals surface area contributed by atoms with Crippen LogP contribution in [-0.4, -0.2) is 46.1 Å². The molecule has 0 saturated carbocycles. The molecule has 7 heteroatoms. The summed E-state index contributed by atoms with van der Waals surface area (Å²) in [6.45, 7) is 2.68. The lowest BCUT2D eigenvalue weighted by atomic mass is 10.0. The molecule has 2 unspecified atom stereocenters. The van der Waals surface area contributed by atoms with Gasteiger partial charge >= 0.3 is 0 Å². The van der Waals surface area contributed by atoms with Crippen LogP contribution in [0, 0.1) is 6.92 Å². The molecule has 28 heavy (non-hydrogen) atoms. The van der Waals surface area contributed by atoms with Crippen molar-refractivity contribution in [1.29, 1.82) is 0 Å². The van der Waals surface area contributed by atoms with Crippen molar-refractivity contribution in [2.24, 2.45) is 0 Å². The first-order valence-electron chi connectivity index (χ1n) is 9.32. The van der Waals surface area contributed by atoms with Crippen molar-refractivity contribution in [3.8, 4) is 5.75 Å². The van der Waals surface area contributed by atoms with Gasteiger partial charge in [0.05, 0.1) is 37.6 Å². The summed E-state index contributed by atoms with van der Waals surface area (Å²) in [5, 5.41) is 10.7. The molecular weight excluding hydrogens is 358 g/mol. The average Bonchev–Trinajstić information content (AvgIpc) is 2.70. The Labute approximate surface area is 162 Å². The highest BCUT2D eigenvalue weighted by atomic mass is 16.5. The number of hydrogen-bond acceptors (Lipinski definition) is 6. The summed E-state index contributed by atoms with van der Waals surface area (Å²) in [5.74, 6) is 0.560. The number of hydrogen-bond donors (Lipinski definition) is 1. The van der Waals surface area contributed by atoms with Crippen LogP contribution in [0.25, 0.3) is 10.9 Å². The Morgan fingerprint density at radius 2 is 2.14 bits per heavy atom. The molecule has 3 aromatic rings. The molecule has 0 amide bonds. The summed E-state index contributed by atoms with van der Waals surface area (Å²) in [6.07, 6.45) is 3.81. The topological polar surface area (TPSA) is 86.5 Å². The molecule has 1 aliphatic rings. The minimum atomic E-state index is -0.727. The molecule has 1 aliphatic heterocycles. The molecule has 1 N–H and O–H groups in total. The highest BCUT2D eigenvalue weighted by Gasteiger charge is 2.27. The van der Waals surface area contributed by atoms with Gasteiger partial charge in [-0.1, -0.05) is 6.07 Å². The Balaban J connectivity index is 1.79. The maximum absolute atomic E-state index is 13.2. The molecule has 146 valence electrons. The van der Waals surface area contributed by atoms with Gasteiger partial charge in [-0.25, -0.2) is 4.98 Å². The third-order valence-electron chi connectivity index (χ3n) is 5.16. The number of aliphatic hydroxyl groups excluding tert-OH is 1. The van der Waals surface area contributed by atoms with Crippen LogP contribution in [0.4, 0.5) is 0 Å². The van der Waals surface area contributed by atoms with Crippen molar-refractivity contribution in [1.82, 2.24) is 14.5 Å². The smallest absolute Gasteiger partial charge is 0.261 e. The van der Waals surface area contributed by atoms with Crippen molar-refractivity contribution >= 4 is 10.9 Å². The lowest BCUT2D eigenvalue weighted by Gasteiger charge is -2.29. The van der Waals surface area contributed by atoms with Gasteiger partial charge in [0.15, 0.2) is 0 Å². The fourth-order valence-corrected chi connectivity index (χ4v) is 3.64. The quantitative estimate of drug-likeness (QED) is 0.744. The van der Waals surface area contributed by atoms with Crippen LogP contribution in [-0.2, 0) is 11.2 Å². The van der Waals surface area contributed by atoms with Crippen LogP contribution < -0.4 is 10.3 Å². The number of benzene rings is 1. The molecule has 1 fully saturated rings. The second kappa shape index (κ2) is 7.69. The Morgan fingerprint density at radius 3 is 2.86 bits per heavy atom. The second-order valence-corrected chi connectivity index (χ2v) is 7.13. The third-order valence-corrected chi connectivity index (χ3v) is 5.16. The fraction of sp³-hybridized carbons (Fsp3) is 0.381. The van der Waals surface area contributed by atoms with Crippen LogP contribution >= 0.6 is 0 Å². The lowest BCUT2D eigenvalue weighted by Crippen LogP contribution is -2.39. The van der Waals surface area contributed by atoms with E-state index in [-0.39, 0.29) is 18.2 Å². The largest absolute Gasteiger partial charge is 0.494 e. The molecule has 7 nitrogen and oxygen atoms in total. The number of pyridine rings is 1. The van der Waals surface area contributed by atoms with Crippen LogP contribution in [0.1, 0.15) is 29.3 Å². The van der Waals surface area contributed by atoms with Gasteiger partial charge in [0, 0.05) is 18.5 Å². The first kappa shape index (κ1) is 18.6. The molecule has 1 aromatic carbocycles. The monoisotopic (exact) mass is 381 g/mol. The van der Waals surface area contributed by atoms with Crippen LogP contribution in [0.3, 0.4) is 0 Å². The SMILES string of the molecule is COc1cc(Cc2ccc(C)nc2)cc2c(=O)n(C3CCOCC3O)cnc12. The normalized spacial score (nSPS) is 19.7. The maximum Gasteiger partial charge on any atom is 0.261 e. The number of fused-ring (bicyclic) bond motifs is 1. The van der Waals surface area contributed by atoms with E-state index in [0.29, 0.717) is 36.1 Å². The summed E-state index contributed by atoms with van der Waals surface area (Å²) in [6, 6.07) is 7.42. The maximum atomic E-state index is 13.2. The highest BCUT2D eigenvalue weighted by Crippen LogP contribution is 2.27. The van der Waals surface area contributed by atoms with Gasteiger partial charge in [0.25, 0.3) is 5.56 Å². The van der Waals surface area contributed by atoms with E-state index in [2.05, 4.69) is 9.97 Å². The molecule has 0 bridgehead atoms. The van der Waals surface area contributed by atoms with Gasteiger partial charge in [-0.05, 0) is 49.1 Å². The van der Waals surface area contributed by atoms with Crippen molar-refractivity contribution < 1.29 is 14.6 Å². The number of methoxy groups -OCH3 is 1. The summed E-state index contributed by atoms with van der Waals surface area (Å²) in [4.78, 5) is 22.0.